The van der Waals surface area contributed by atoms with Crippen LogP contribution in [-0.4, -0.2) is 27.3 Å². The van der Waals surface area contributed by atoms with Crippen LogP contribution in [0.2, 0.25) is 0 Å². The highest BCUT2D eigenvalue weighted by atomic mass is 16.5. The number of hydrogen-bond acceptors (Lipinski definition) is 4. The van der Waals surface area contributed by atoms with E-state index in [2.05, 4.69) is 15.4 Å². The Morgan fingerprint density at radius 1 is 1.22 bits per heavy atom. The van der Waals surface area contributed by atoms with E-state index in [1.807, 2.05) is 69.6 Å². The normalized spacial score (nSPS) is 12.4. The van der Waals surface area contributed by atoms with Gasteiger partial charge in [-0.05, 0) is 58.4 Å². The summed E-state index contributed by atoms with van der Waals surface area (Å²) in [6.07, 6.45) is 1.72. The first-order chi connectivity index (χ1) is 12.9. The first kappa shape index (κ1) is 18.9. The average Bonchev–Trinajstić information content (AvgIpc) is 3.05. The summed E-state index contributed by atoms with van der Waals surface area (Å²) in [6, 6.07) is 9.65. The number of carbonyl (C=O) groups excluding carboxylic acids is 1. The van der Waals surface area contributed by atoms with Gasteiger partial charge < -0.3 is 10.1 Å². The third kappa shape index (κ3) is 3.94. The standard InChI is InChI=1S/C21H26N4O2/c1-6-27-17-9-7-16(8-10-17)15(5)24-21(26)18-11-14(4)23-20-19(18)12-22-25(20)13(2)3/h7-13,15H,6H2,1-5H3,(H,24,26)/t15-/m0/s1. The minimum Gasteiger partial charge on any atom is -0.494 e. The number of benzene rings is 1. The van der Waals surface area contributed by atoms with Gasteiger partial charge in [0.25, 0.3) is 5.91 Å². The van der Waals surface area contributed by atoms with Gasteiger partial charge in [-0.15, -0.1) is 0 Å². The van der Waals surface area contributed by atoms with Gasteiger partial charge >= 0.3 is 0 Å². The number of nitrogens with zero attached hydrogens (tertiary/aromatic N) is 3. The molecule has 0 aliphatic rings. The summed E-state index contributed by atoms with van der Waals surface area (Å²) in [5, 5.41) is 8.25. The number of pyridine rings is 1. The number of aromatic nitrogens is 3. The van der Waals surface area contributed by atoms with E-state index in [4.69, 9.17) is 4.74 Å². The molecule has 0 saturated carbocycles. The number of carbonyl (C=O) groups is 1. The zero-order chi connectivity index (χ0) is 19.6. The molecule has 1 atom stereocenters. The molecule has 6 nitrogen and oxygen atoms in total. The third-order valence-electron chi connectivity index (χ3n) is 4.47. The molecule has 0 fully saturated rings. The smallest absolute Gasteiger partial charge is 0.252 e. The molecule has 0 radical (unpaired) electrons. The van der Waals surface area contributed by atoms with Crippen LogP contribution in [0.25, 0.3) is 11.0 Å². The monoisotopic (exact) mass is 366 g/mol. The van der Waals surface area contributed by atoms with Crippen LogP contribution >= 0.6 is 0 Å². The van der Waals surface area contributed by atoms with Gasteiger partial charge in [0.15, 0.2) is 5.65 Å². The molecule has 0 aliphatic heterocycles. The summed E-state index contributed by atoms with van der Waals surface area (Å²) in [7, 11) is 0. The van der Waals surface area contributed by atoms with Crippen molar-refractivity contribution < 1.29 is 9.53 Å². The Bertz CT molecular complexity index is 945. The van der Waals surface area contributed by atoms with Crippen molar-refractivity contribution in [3.05, 3.63) is 53.3 Å². The van der Waals surface area contributed by atoms with Gasteiger partial charge in [0.05, 0.1) is 29.8 Å². The zero-order valence-electron chi connectivity index (χ0n) is 16.5. The van der Waals surface area contributed by atoms with Gasteiger partial charge in [-0.1, -0.05) is 12.1 Å². The molecule has 0 saturated heterocycles. The lowest BCUT2D eigenvalue weighted by molar-refractivity contribution is 0.0941. The number of hydrogen-bond donors (Lipinski definition) is 1. The lowest BCUT2D eigenvalue weighted by Crippen LogP contribution is -2.27. The quantitative estimate of drug-likeness (QED) is 0.709. The molecule has 1 aromatic carbocycles. The minimum absolute atomic E-state index is 0.128. The fourth-order valence-electron chi connectivity index (χ4n) is 3.09. The summed E-state index contributed by atoms with van der Waals surface area (Å²) in [6.45, 7) is 10.5. The van der Waals surface area contributed by atoms with Crippen molar-refractivity contribution in [1.29, 1.82) is 0 Å². The Labute approximate surface area is 159 Å². The molecule has 0 aliphatic carbocycles. The Kier molecular flexibility index (Phi) is 5.44. The Hall–Kier alpha value is -2.89. The predicted molar refractivity (Wildman–Crippen MR) is 106 cm³/mol. The summed E-state index contributed by atoms with van der Waals surface area (Å²) >= 11 is 0. The second kappa shape index (κ2) is 7.78. The fourth-order valence-corrected chi connectivity index (χ4v) is 3.09. The molecule has 2 heterocycles. The summed E-state index contributed by atoms with van der Waals surface area (Å²) in [5.41, 5.74) is 3.15. The SMILES string of the molecule is CCOc1ccc([C@H](C)NC(=O)c2cc(C)nc3c2cnn3C(C)C)cc1. The number of nitrogens with one attached hydrogen (secondary N) is 1. The number of ether oxygens (including phenoxy) is 1. The maximum Gasteiger partial charge on any atom is 0.252 e. The van der Waals surface area contributed by atoms with E-state index in [0.29, 0.717) is 12.2 Å². The van der Waals surface area contributed by atoms with Gasteiger partial charge in [0.1, 0.15) is 5.75 Å². The maximum absolute atomic E-state index is 12.9. The molecule has 3 aromatic rings. The van der Waals surface area contributed by atoms with Gasteiger partial charge in [-0.25, -0.2) is 9.67 Å². The number of rotatable bonds is 6. The lowest BCUT2D eigenvalue weighted by atomic mass is 10.1. The van der Waals surface area contributed by atoms with Crippen molar-refractivity contribution in [2.75, 3.05) is 6.61 Å². The van der Waals surface area contributed by atoms with Gasteiger partial charge in [-0.2, -0.15) is 5.10 Å². The molecule has 0 bridgehead atoms. The van der Waals surface area contributed by atoms with Crippen LogP contribution in [-0.2, 0) is 0 Å². The van der Waals surface area contributed by atoms with Crippen molar-refractivity contribution in [2.45, 2.75) is 46.7 Å². The van der Waals surface area contributed by atoms with Crippen LogP contribution in [0.15, 0.2) is 36.5 Å². The highest BCUT2D eigenvalue weighted by Gasteiger charge is 2.18. The van der Waals surface area contributed by atoms with E-state index < -0.39 is 0 Å². The third-order valence-corrected chi connectivity index (χ3v) is 4.47. The average molecular weight is 366 g/mol. The zero-order valence-corrected chi connectivity index (χ0v) is 16.5. The number of fused-ring (bicyclic) bond motifs is 1. The molecule has 27 heavy (non-hydrogen) atoms. The molecular formula is C21H26N4O2. The first-order valence-electron chi connectivity index (χ1n) is 9.29. The van der Waals surface area contributed by atoms with Crippen LogP contribution in [0.3, 0.4) is 0 Å². The fraction of sp³-hybridized carbons (Fsp3) is 0.381. The summed E-state index contributed by atoms with van der Waals surface area (Å²) in [5.74, 6) is 0.697. The van der Waals surface area contributed by atoms with Gasteiger partial charge in [0.2, 0.25) is 0 Å². The van der Waals surface area contributed by atoms with Crippen LogP contribution < -0.4 is 10.1 Å². The largest absolute Gasteiger partial charge is 0.494 e. The molecule has 0 spiro atoms. The molecular weight excluding hydrogens is 340 g/mol. The molecule has 1 amide bonds. The van der Waals surface area contributed by atoms with Crippen molar-refractivity contribution in [3.63, 3.8) is 0 Å². The van der Waals surface area contributed by atoms with Crippen LogP contribution in [0.5, 0.6) is 5.75 Å². The molecule has 1 N–H and O–H groups in total. The maximum atomic E-state index is 12.9. The molecule has 2 aromatic heterocycles. The van der Waals surface area contributed by atoms with E-state index in [1.54, 1.807) is 6.20 Å². The van der Waals surface area contributed by atoms with Crippen LogP contribution in [0.4, 0.5) is 0 Å². The molecule has 3 rings (SSSR count). The Morgan fingerprint density at radius 3 is 2.56 bits per heavy atom. The summed E-state index contributed by atoms with van der Waals surface area (Å²) < 4.78 is 7.31. The topological polar surface area (TPSA) is 69.0 Å². The highest BCUT2D eigenvalue weighted by Crippen LogP contribution is 2.23. The second-order valence-electron chi connectivity index (χ2n) is 6.93. The van der Waals surface area contributed by atoms with Crippen molar-refractivity contribution >= 4 is 16.9 Å². The molecule has 6 heteroatoms. The summed E-state index contributed by atoms with van der Waals surface area (Å²) in [4.78, 5) is 17.5. The van der Waals surface area contributed by atoms with E-state index in [0.717, 1.165) is 28.0 Å². The van der Waals surface area contributed by atoms with Crippen LogP contribution in [0.1, 0.15) is 61.4 Å². The van der Waals surface area contributed by atoms with Gasteiger partial charge in [-0.3, -0.25) is 4.79 Å². The second-order valence-corrected chi connectivity index (χ2v) is 6.93. The van der Waals surface area contributed by atoms with Crippen molar-refractivity contribution in [2.24, 2.45) is 0 Å². The minimum atomic E-state index is -0.129. The Balaban J connectivity index is 1.85. The van der Waals surface area contributed by atoms with E-state index in [9.17, 15) is 4.79 Å². The predicted octanol–water partition coefficient (Wildman–Crippen LogP) is 4.21. The van der Waals surface area contributed by atoms with Crippen LogP contribution in [0, 0.1) is 6.92 Å². The van der Waals surface area contributed by atoms with E-state index >= 15 is 0 Å². The first-order valence-corrected chi connectivity index (χ1v) is 9.29. The highest BCUT2D eigenvalue weighted by molar-refractivity contribution is 6.05. The van der Waals surface area contributed by atoms with Crippen molar-refractivity contribution in [1.82, 2.24) is 20.1 Å². The van der Waals surface area contributed by atoms with Gasteiger partial charge in [0, 0.05) is 11.7 Å². The number of amides is 1. The molecule has 142 valence electrons. The van der Waals surface area contributed by atoms with Crippen molar-refractivity contribution in [3.8, 4) is 5.75 Å². The Morgan fingerprint density at radius 2 is 1.93 bits per heavy atom. The molecule has 0 unspecified atom stereocenters. The van der Waals surface area contributed by atoms with E-state index in [1.165, 1.54) is 0 Å². The van der Waals surface area contributed by atoms with E-state index in [-0.39, 0.29) is 18.0 Å². The number of aryl methyl sites for hydroxylation is 1. The lowest BCUT2D eigenvalue weighted by Gasteiger charge is -2.16.